The second-order valence-corrected chi connectivity index (χ2v) is 4.23. The molecular weight excluding hydrogens is 168 g/mol. The summed E-state index contributed by atoms with van der Waals surface area (Å²) in [4.78, 5) is 0. The van der Waals surface area contributed by atoms with Crippen molar-refractivity contribution in [2.24, 2.45) is 0 Å². The molecule has 0 nitrogen and oxygen atoms in total. The molecule has 0 fully saturated rings. The summed E-state index contributed by atoms with van der Waals surface area (Å²) in [6, 6.07) is 4.51. The zero-order valence-electron chi connectivity index (χ0n) is 8.46. The summed E-state index contributed by atoms with van der Waals surface area (Å²) in [5.41, 5.74) is 6.03. The van der Waals surface area contributed by atoms with Gasteiger partial charge in [-0.25, -0.2) is 0 Å². The fourth-order valence-corrected chi connectivity index (χ4v) is 2.60. The second-order valence-electron chi connectivity index (χ2n) is 4.23. The highest BCUT2D eigenvalue weighted by atomic mass is 14.2. The first-order chi connectivity index (χ1) is 6.86. The van der Waals surface area contributed by atoms with Crippen LogP contribution in [0.25, 0.3) is 12.2 Å². The van der Waals surface area contributed by atoms with E-state index in [0.717, 1.165) is 0 Å². The fourth-order valence-electron chi connectivity index (χ4n) is 2.60. The van der Waals surface area contributed by atoms with Crippen LogP contribution >= 0.6 is 0 Å². The number of hydrogen-bond donors (Lipinski definition) is 0. The number of fused-ring (bicyclic) bond motifs is 3. The summed E-state index contributed by atoms with van der Waals surface area (Å²) in [5, 5.41) is 0. The van der Waals surface area contributed by atoms with Crippen LogP contribution in [0.5, 0.6) is 0 Å². The van der Waals surface area contributed by atoms with Gasteiger partial charge in [0.1, 0.15) is 0 Å². The predicted molar refractivity (Wildman–Crippen MR) is 61.2 cm³/mol. The van der Waals surface area contributed by atoms with Crippen molar-refractivity contribution in [3.8, 4) is 0 Å². The molecule has 0 radical (unpaired) electrons. The molecule has 0 heteroatoms. The van der Waals surface area contributed by atoms with Crippen LogP contribution in [-0.4, -0.2) is 0 Å². The van der Waals surface area contributed by atoms with Crippen LogP contribution in [0.1, 0.15) is 41.5 Å². The van der Waals surface area contributed by atoms with Crippen LogP contribution < -0.4 is 0 Å². The van der Waals surface area contributed by atoms with Gasteiger partial charge in [-0.1, -0.05) is 43.4 Å². The molecule has 0 aliphatic heterocycles. The Hall–Kier alpha value is -1.30. The summed E-state index contributed by atoms with van der Waals surface area (Å²) in [7, 11) is 0. The molecular formula is C14H14. The largest absolute Gasteiger partial charge is 0.0836 e. The minimum atomic E-state index is 0.617. The monoisotopic (exact) mass is 182 g/mol. The molecule has 2 aliphatic rings. The quantitative estimate of drug-likeness (QED) is 0.573. The minimum Gasteiger partial charge on any atom is -0.0836 e. The average molecular weight is 182 g/mol. The van der Waals surface area contributed by atoms with E-state index in [2.05, 4.69) is 43.4 Å². The molecule has 3 rings (SSSR count). The van der Waals surface area contributed by atoms with Gasteiger partial charge in [-0.3, -0.25) is 0 Å². The van der Waals surface area contributed by atoms with Crippen molar-refractivity contribution in [2.45, 2.75) is 25.7 Å². The molecule has 70 valence electrons. The molecule has 0 bridgehead atoms. The van der Waals surface area contributed by atoms with Gasteiger partial charge in [0, 0.05) is 5.92 Å². The van der Waals surface area contributed by atoms with Crippen LogP contribution in [0.2, 0.25) is 0 Å². The standard InChI is InChI=1S/C14H14/c1-10-6-7-12-9-8-11-4-2-3-5-13(11)14(10)12/h2,4,6-10H,3,5H2,1H3/t10-/m1/s1. The maximum absolute atomic E-state index is 2.31. The van der Waals surface area contributed by atoms with Gasteiger partial charge < -0.3 is 0 Å². The van der Waals surface area contributed by atoms with E-state index >= 15 is 0 Å². The first-order valence-corrected chi connectivity index (χ1v) is 5.37. The molecule has 2 aliphatic carbocycles. The van der Waals surface area contributed by atoms with Gasteiger partial charge in [-0.15, -0.1) is 0 Å². The molecule has 14 heavy (non-hydrogen) atoms. The molecule has 0 spiro atoms. The highest BCUT2D eigenvalue weighted by molar-refractivity contribution is 5.70. The van der Waals surface area contributed by atoms with Crippen LogP contribution in [0.15, 0.2) is 24.3 Å². The van der Waals surface area contributed by atoms with Crippen molar-refractivity contribution in [1.82, 2.24) is 0 Å². The van der Waals surface area contributed by atoms with Gasteiger partial charge in [-0.2, -0.15) is 0 Å². The molecule has 0 N–H and O–H groups in total. The van der Waals surface area contributed by atoms with E-state index in [1.54, 1.807) is 11.1 Å². The van der Waals surface area contributed by atoms with Crippen LogP contribution in [-0.2, 0) is 6.42 Å². The lowest BCUT2D eigenvalue weighted by atomic mass is 9.87. The lowest BCUT2D eigenvalue weighted by Gasteiger charge is -2.17. The van der Waals surface area contributed by atoms with E-state index < -0.39 is 0 Å². The highest BCUT2D eigenvalue weighted by Crippen LogP contribution is 2.36. The van der Waals surface area contributed by atoms with Gasteiger partial charge in [-0.05, 0) is 35.1 Å². The summed E-state index contributed by atoms with van der Waals surface area (Å²) >= 11 is 0. The fraction of sp³-hybridized carbons (Fsp3) is 0.286. The molecule has 0 amide bonds. The Kier molecular flexibility index (Phi) is 1.63. The Morgan fingerprint density at radius 1 is 1.14 bits per heavy atom. The normalized spacial score (nSPS) is 22.2. The topological polar surface area (TPSA) is 0 Å². The Morgan fingerprint density at radius 2 is 2.00 bits per heavy atom. The highest BCUT2D eigenvalue weighted by Gasteiger charge is 2.19. The smallest absolute Gasteiger partial charge is 0.000178 e. The molecule has 0 saturated carbocycles. The predicted octanol–water partition coefficient (Wildman–Crippen LogP) is 3.78. The first-order valence-electron chi connectivity index (χ1n) is 5.37. The molecule has 0 aromatic heterocycles. The van der Waals surface area contributed by atoms with Gasteiger partial charge in [0.05, 0.1) is 0 Å². The zero-order valence-corrected chi connectivity index (χ0v) is 8.46. The average Bonchev–Trinajstić information content (AvgIpc) is 2.61. The van der Waals surface area contributed by atoms with Gasteiger partial charge >= 0.3 is 0 Å². The van der Waals surface area contributed by atoms with Gasteiger partial charge in [0.2, 0.25) is 0 Å². The van der Waals surface area contributed by atoms with E-state index in [0.29, 0.717) is 5.92 Å². The summed E-state index contributed by atoms with van der Waals surface area (Å²) < 4.78 is 0. The van der Waals surface area contributed by atoms with Gasteiger partial charge in [0.15, 0.2) is 0 Å². The third-order valence-electron chi connectivity index (χ3n) is 3.31. The Labute approximate surface area is 85.0 Å². The third kappa shape index (κ3) is 1.00. The van der Waals surface area contributed by atoms with Crippen molar-refractivity contribution in [2.75, 3.05) is 0 Å². The molecule has 0 saturated heterocycles. The first kappa shape index (κ1) is 8.05. The number of hydrogen-bond acceptors (Lipinski definition) is 0. The van der Waals surface area contributed by atoms with Crippen LogP contribution in [0.3, 0.4) is 0 Å². The second kappa shape index (κ2) is 2.84. The van der Waals surface area contributed by atoms with E-state index in [1.807, 2.05) is 0 Å². The molecule has 1 aromatic carbocycles. The van der Waals surface area contributed by atoms with Crippen molar-refractivity contribution >= 4 is 12.2 Å². The van der Waals surface area contributed by atoms with E-state index in [4.69, 9.17) is 0 Å². The molecule has 0 heterocycles. The lowest BCUT2D eigenvalue weighted by molar-refractivity contribution is 0.905. The summed E-state index contributed by atoms with van der Waals surface area (Å²) in [5.74, 6) is 0.617. The van der Waals surface area contributed by atoms with E-state index in [-0.39, 0.29) is 0 Å². The number of rotatable bonds is 0. The summed E-state index contributed by atoms with van der Waals surface area (Å²) in [6.45, 7) is 2.29. The van der Waals surface area contributed by atoms with Crippen molar-refractivity contribution in [3.05, 3.63) is 46.5 Å². The van der Waals surface area contributed by atoms with Gasteiger partial charge in [0.25, 0.3) is 0 Å². The van der Waals surface area contributed by atoms with Crippen molar-refractivity contribution in [3.63, 3.8) is 0 Å². The maximum atomic E-state index is 2.31. The van der Waals surface area contributed by atoms with E-state index in [9.17, 15) is 0 Å². The van der Waals surface area contributed by atoms with Crippen LogP contribution in [0.4, 0.5) is 0 Å². The van der Waals surface area contributed by atoms with Crippen molar-refractivity contribution in [1.29, 1.82) is 0 Å². The number of allylic oxidation sites excluding steroid dienone is 2. The SMILES string of the molecule is C[C@@H]1C=Cc2ccc3c(c21)CCC=C3. The molecule has 1 atom stereocenters. The summed E-state index contributed by atoms with van der Waals surface area (Å²) in [6.07, 6.45) is 11.5. The third-order valence-corrected chi connectivity index (χ3v) is 3.31. The number of benzene rings is 1. The Balaban J connectivity index is 2.26. The minimum absolute atomic E-state index is 0.617. The maximum Gasteiger partial charge on any atom is 0.000178 e. The van der Waals surface area contributed by atoms with E-state index in [1.165, 1.54) is 24.0 Å². The Morgan fingerprint density at radius 3 is 2.93 bits per heavy atom. The molecule has 1 aromatic rings. The Bertz CT molecular complexity index is 436. The lowest BCUT2D eigenvalue weighted by Crippen LogP contribution is -2.02. The zero-order chi connectivity index (χ0) is 9.54. The molecule has 0 unspecified atom stereocenters. The van der Waals surface area contributed by atoms with Crippen LogP contribution in [0, 0.1) is 0 Å². The van der Waals surface area contributed by atoms with Crippen molar-refractivity contribution < 1.29 is 0 Å².